The quantitative estimate of drug-likeness (QED) is 0.713. The number of benzene rings is 1. The van der Waals surface area contributed by atoms with Gasteiger partial charge in [0.2, 0.25) is 5.95 Å². The molecular formula is C20H28N4O3. The maximum atomic E-state index is 9.87. The zero-order valence-electron chi connectivity index (χ0n) is 16.0. The second kappa shape index (κ2) is 9.41. The van der Waals surface area contributed by atoms with Crippen LogP contribution in [0.25, 0.3) is 0 Å². The van der Waals surface area contributed by atoms with E-state index in [9.17, 15) is 5.11 Å². The molecule has 27 heavy (non-hydrogen) atoms. The Bertz CT molecular complexity index is 728. The van der Waals surface area contributed by atoms with E-state index in [4.69, 9.17) is 9.47 Å². The lowest BCUT2D eigenvalue weighted by Gasteiger charge is -2.31. The number of piperidine rings is 1. The summed E-state index contributed by atoms with van der Waals surface area (Å²) in [6, 6.07) is 9.51. The normalized spacial score (nSPS) is 16.9. The summed E-state index contributed by atoms with van der Waals surface area (Å²) < 4.78 is 11.0. The Morgan fingerprint density at radius 3 is 2.96 bits per heavy atom. The minimum atomic E-state index is -0.274. The summed E-state index contributed by atoms with van der Waals surface area (Å²) in [7, 11) is 3.63. The van der Waals surface area contributed by atoms with Gasteiger partial charge in [-0.2, -0.15) is 4.98 Å². The molecule has 1 saturated heterocycles. The van der Waals surface area contributed by atoms with Crippen LogP contribution in [0.2, 0.25) is 0 Å². The van der Waals surface area contributed by atoms with Crippen LogP contribution in [0.15, 0.2) is 36.5 Å². The minimum Gasteiger partial charge on any atom is -0.497 e. The van der Waals surface area contributed by atoms with Gasteiger partial charge in [-0.05, 0) is 37.5 Å². The molecule has 2 aromatic rings. The van der Waals surface area contributed by atoms with Crippen LogP contribution in [0.3, 0.4) is 0 Å². The average Bonchev–Trinajstić information content (AvgIpc) is 2.71. The molecule has 1 atom stereocenters. The van der Waals surface area contributed by atoms with Crippen molar-refractivity contribution in [3.8, 4) is 11.5 Å². The number of hydrogen-bond acceptors (Lipinski definition) is 7. The van der Waals surface area contributed by atoms with Crippen LogP contribution < -0.4 is 19.3 Å². The second-order valence-corrected chi connectivity index (χ2v) is 6.76. The van der Waals surface area contributed by atoms with Crippen molar-refractivity contribution in [3.63, 3.8) is 0 Å². The van der Waals surface area contributed by atoms with Gasteiger partial charge in [0.15, 0.2) is 0 Å². The molecule has 3 rings (SSSR count). The zero-order chi connectivity index (χ0) is 19.1. The summed E-state index contributed by atoms with van der Waals surface area (Å²) in [6.45, 7) is 2.95. The molecule has 1 aromatic heterocycles. The highest BCUT2D eigenvalue weighted by Crippen LogP contribution is 2.20. The maximum Gasteiger partial charge on any atom is 0.226 e. The van der Waals surface area contributed by atoms with Gasteiger partial charge in [-0.15, -0.1) is 0 Å². The summed E-state index contributed by atoms with van der Waals surface area (Å²) in [5, 5.41) is 9.87. The molecule has 0 saturated carbocycles. The molecule has 1 unspecified atom stereocenters. The zero-order valence-corrected chi connectivity index (χ0v) is 16.0. The van der Waals surface area contributed by atoms with Gasteiger partial charge in [0.25, 0.3) is 0 Å². The minimum absolute atomic E-state index is 0.274. The van der Waals surface area contributed by atoms with E-state index in [1.807, 2.05) is 42.3 Å². The van der Waals surface area contributed by atoms with E-state index < -0.39 is 0 Å². The summed E-state index contributed by atoms with van der Waals surface area (Å²) in [6.07, 6.45) is 4.20. The number of anilines is 2. The molecule has 1 fully saturated rings. The summed E-state index contributed by atoms with van der Waals surface area (Å²) >= 11 is 0. The van der Waals surface area contributed by atoms with Gasteiger partial charge in [-0.1, -0.05) is 6.07 Å². The van der Waals surface area contributed by atoms with E-state index in [0.717, 1.165) is 49.7 Å². The lowest BCUT2D eigenvalue weighted by molar-refractivity contribution is 0.154. The smallest absolute Gasteiger partial charge is 0.226 e. The lowest BCUT2D eigenvalue weighted by atomic mass is 10.1. The molecular weight excluding hydrogens is 344 g/mol. The summed E-state index contributed by atoms with van der Waals surface area (Å²) in [5.41, 5.74) is 0. The number of methoxy groups -OCH3 is 1. The number of aliphatic hydroxyl groups is 1. The molecule has 1 aromatic carbocycles. The Morgan fingerprint density at radius 2 is 2.15 bits per heavy atom. The second-order valence-electron chi connectivity index (χ2n) is 6.76. The fourth-order valence-electron chi connectivity index (χ4n) is 3.14. The SMILES string of the molecule is COc1cccc(OCCCN(C)c2nccc(N3CCCC(O)C3)n2)c1. The molecule has 1 aliphatic heterocycles. The summed E-state index contributed by atoms with van der Waals surface area (Å²) in [5.74, 6) is 3.16. The van der Waals surface area contributed by atoms with Crippen molar-refractivity contribution >= 4 is 11.8 Å². The molecule has 1 N–H and O–H groups in total. The predicted octanol–water partition coefficient (Wildman–Crippen LogP) is 2.35. The van der Waals surface area contributed by atoms with Gasteiger partial charge >= 0.3 is 0 Å². The van der Waals surface area contributed by atoms with Crippen molar-refractivity contribution in [1.29, 1.82) is 0 Å². The molecule has 7 nitrogen and oxygen atoms in total. The summed E-state index contributed by atoms with van der Waals surface area (Å²) in [4.78, 5) is 13.2. The molecule has 0 aliphatic carbocycles. The Balaban J connectivity index is 1.49. The van der Waals surface area contributed by atoms with Crippen LogP contribution in [0, 0.1) is 0 Å². The third-order valence-corrected chi connectivity index (χ3v) is 4.64. The number of aliphatic hydroxyl groups excluding tert-OH is 1. The maximum absolute atomic E-state index is 9.87. The largest absolute Gasteiger partial charge is 0.497 e. The van der Waals surface area contributed by atoms with Crippen molar-refractivity contribution in [2.24, 2.45) is 0 Å². The lowest BCUT2D eigenvalue weighted by Crippen LogP contribution is -2.39. The third kappa shape index (κ3) is 5.47. The van der Waals surface area contributed by atoms with E-state index in [1.54, 1.807) is 13.3 Å². The molecule has 146 valence electrons. The van der Waals surface area contributed by atoms with Crippen LogP contribution in [0.5, 0.6) is 11.5 Å². The number of nitrogens with zero attached hydrogens (tertiary/aromatic N) is 4. The number of β-amino-alcohol motifs (C(OH)–C–C–N with tert-alkyl or cyclic N) is 1. The van der Waals surface area contributed by atoms with Crippen LogP contribution in [0.1, 0.15) is 19.3 Å². The highest BCUT2D eigenvalue weighted by molar-refractivity contribution is 5.44. The fraction of sp³-hybridized carbons (Fsp3) is 0.500. The fourth-order valence-corrected chi connectivity index (χ4v) is 3.14. The van der Waals surface area contributed by atoms with Crippen molar-refractivity contribution < 1.29 is 14.6 Å². The monoisotopic (exact) mass is 372 g/mol. The molecule has 2 heterocycles. The Labute approximate surface area is 160 Å². The standard InChI is InChI=1S/C20H28N4O3/c1-23(11-5-13-27-18-8-3-7-17(14-18)26-2)20-21-10-9-19(22-20)24-12-4-6-16(25)15-24/h3,7-10,14,16,25H,4-6,11-13,15H2,1-2H3. The van der Waals surface area contributed by atoms with E-state index >= 15 is 0 Å². The first-order valence-corrected chi connectivity index (χ1v) is 9.40. The number of hydrogen-bond donors (Lipinski definition) is 1. The highest BCUT2D eigenvalue weighted by atomic mass is 16.5. The van der Waals surface area contributed by atoms with Crippen LogP contribution in [-0.2, 0) is 0 Å². The molecule has 0 amide bonds. The molecule has 1 aliphatic rings. The molecule has 0 radical (unpaired) electrons. The molecule has 0 spiro atoms. The van der Waals surface area contributed by atoms with Gasteiger partial charge in [-0.25, -0.2) is 4.98 Å². The van der Waals surface area contributed by atoms with E-state index in [0.29, 0.717) is 19.1 Å². The van der Waals surface area contributed by atoms with Gasteiger partial charge in [0, 0.05) is 38.9 Å². The van der Waals surface area contributed by atoms with Gasteiger partial charge in [-0.3, -0.25) is 0 Å². The predicted molar refractivity (Wildman–Crippen MR) is 106 cm³/mol. The Kier molecular flexibility index (Phi) is 6.70. The first-order valence-electron chi connectivity index (χ1n) is 9.40. The average molecular weight is 372 g/mol. The topological polar surface area (TPSA) is 71.0 Å². The van der Waals surface area contributed by atoms with Crippen molar-refractivity contribution in [2.45, 2.75) is 25.4 Å². The van der Waals surface area contributed by atoms with Gasteiger partial charge < -0.3 is 24.4 Å². The molecule has 7 heteroatoms. The van der Waals surface area contributed by atoms with Gasteiger partial charge in [0.05, 0.1) is 19.8 Å². The van der Waals surface area contributed by atoms with Crippen molar-refractivity contribution in [2.75, 3.05) is 50.2 Å². The van der Waals surface area contributed by atoms with E-state index in [2.05, 4.69) is 14.9 Å². The highest BCUT2D eigenvalue weighted by Gasteiger charge is 2.19. The van der Waals surface area contributed by atoms with E-state index in [1.165, 1.54) is 0 Å². The van der Waals surface area contributed by atoms with Gasteiger partial charge in [0.1, 0.15) is 17.3 Å². The Hall–Kier alpha value is -2.54. The van der Waals surface area contributed by atoms with Crippen molar-refractivity contribution in [3.05, 3.63) is 36.5 Å². The first-order chi connectivity index (χ1) is 13.2. The van der Waals surface area contributed by atoms with Crippen molar-refractivity contribution in [1.82, 2.24) is 9.97 Å². The van der Waals surface area contributed by atoms with Crippen LogP contribution in [-0.4, -0.2) is 61.6 Å². The Morgan fingerprint density at radius 1 is 1.30 bits per heavy atom. The first kappa shape index (κ1) is 19.2. The third-order valence-electron chi connectivity index (χ3n) is 4.64. The number of ether oxygens (including phenoxy) is 2. The molecule has 0 bridgehead atoms. The van der Waals surface area contributed by atoms with E-state index in [-0.39, 0.29) is 6.10 Å². The van der Waals surface area contributed by atoms with Crippen LogP contribution >= 0.6 is 0 Å². The van der Waals surface area contributed by atoms with Crippen LogP contribution in [0.4, 0.5) is 11.8 Å². The number of rotatable bonds is 8. The number of aromatic nitrogens is 2.